The number of fused-ring (bicyclic) bond motifs is 1. The SMILES string of the molecule is COc1cc2c(cc1OC)CN(CCc1ccc(NC(=O)c3ccccc3NC(=O)c3ccc(Cl)c(Cl)c3)cc1)CC2. The molecule has 0 aliphatic carbocycles. The van der Waals surface area contributed by atoms with Crippen molar-refractivity contribution in [3.05, 3.63) is 117 Å². The van der Waals surface area contributed by atoms with Gasteiger partial charge in [0.05, 0.1) is 35.5 Å². The molecular weight excluding hydrogens is 573 g/mol. The highest BCUT2D eigenvalue weighted by atomic mass is 35.5. The lowest BCUT2D eigenvalue weighted by molar-refractivity contribution is 0.102. The standard InChI is InChI=1S/C33H31Cl2N3O4/c1-41-30-18-22-14-16-38(20-24(22)19-31(30)42-2)15-13-21-7-10-25(11-8-21)36-33(40)26-5-3-4-6-29(26)37-32(39)23-9-12-27(34)28(35)17-23/h3-12,17-19H,13-16,20H2,1-2H3,(H,36,40)(H,37,39). The maximum atomic E-state index is 13.1. The average Bonchev–Trinajstić information content (AvgIpc) is 3.01. The Morgan fingerprint density at radius 1 is 0.810 bits per heavy atom. The van der Waals surface area contributed by atoms with E-state index in [4.69, 9.17) is 32.7 Å². The van der Waals surface area contributed by atoms with Gasteiger partial charge in [-0.1, -0.05) is 47.5 Å². The van der Waals surface area contributed by atoms with Crippen molar-refractivity contribution in [3.8, 4) is 11.5 Å². The van der Waals surface area contributed by atoms with E-state index in [9.17, 15) is 9.59 Å². The van der Waals surface area contributed by atoms with Crippen LogP contribution in [0.1, 0.15) is 37.4 Å². The Hall–Kier alpha value is -4.04. The van der Waals surface area contributed by atoms with Crippen molar-refractivity contribution >= 4 is 46.4 Å². The number of amides is 2. The van der Waals surface area contributed by atoms with Gasteiger partial charge >= 0.3 is 0 Å². The summed E-state index contributed by atoms with van der Waals surface area (Å²) in [6.07, 6.45) is 1.86. The highest BCUT2D eigenvalue weighted by Crippen LogP contribution is 2.33. The summed E-state index contributed by atoms with van der Waals surface area (Å²) in [5, 5.41) is 6.37. The highest BCUT2D eigenvalue weighted by Gasteiger charge is 2.20. The monoisotopic (exact) mass is 603 g/mol. The number of carbonyl (C=O) groups is 2. The van der Waals surface area contributed by atoms with Crippen LogP contribution in [0.5, 0.6) is 11.5 Å². The van der Waals surface area contributed by atoms with Gasteiger partial charge in [0.1, 0.15) is 0 Å². The second-order valence-corrected chi connectivity index (χ2v) is 10.8. The lowest BCUT2D eigenvalue weighted by Crippen LogP contribution is -2.32. The molecule has 4 aromatic rings. The van der Waals surface area contributed by atoms with Crippen molar-refractivity contribution in [1.29, 1.82) is 0 Å². The second-order valence-electron chi connectivity index (χ2n) is 10.0. The van der Waals surface area contributed by atoms with Crippen LogP contribution in [-0.2, 0) is 19.4 Å². The van der Waals surface area contributed by atoms with E-state index in [1.54, 1.807) is 50.6 Å². The summed E-state index contributed by atoms with van der Waals surface area (Å²) in [5.74, 6) is 0.807. The molecule has 0 unspecified atom stereocenters. The Kier molecular flexibility index (Phi) is 9.32. The molecule has 5 rings (SSSR count). The Bertz CT molecular complexity index is 1610. The summed E-state index contributed by atoms with van der Waals surface area (Å²) in [5.41, 5.74) is 5.49. The molecule has 4 aromatic carbocycles. The summed E-state index contributed by atoms with van der Waals surface area (Å²) in [4.78, 5) is 28.3. The van der Waals surface area contributed by atoms with Gasteiger partial charge in [0, 0.05) is 30.9 Å². The first-order valence-electron chi connectivity index (χ1n) is 13.6. The predicted octanol–water partition coefficient (Wildman–Crippen LogP) is 7.12. The maximum Gasteiger partial charge on any atom is 0.257 e. The van der Waals surface area contributed by atoms with E-state index in [2.05, 4.69) is 27.7 Å². The predicted molar refractivity (Wildman–Crippen MR) is 167 cm³/mol. The number of methoxy groups -OCH3 is 2. The first-order chi connectivity index (χ1) is 20.3. The van der Waals surface area contributed by atoms with Gasteiger partial charge in [-0.25, -0.2) is 0 Å². The Balaban J connectivity index is 1.17. The van der Waals surface area contributed by atoms with E-state index < -0.39 is 5.91 Å². The molecule has 1 heterocycles. The summed E-state index contributed by atoms with van der Waals surface area (Å²) in [7, 11) is 3.32. The van der Waals surface area contributed by atoms with Crippen LogP contribution in [0.2, 0.25) is 10.0 Å². The number of hydrogen-bond donors (Lipinski definition) is 2. The number of nitrogens with one attached hydrogen (secondary N) is 2. The lowest BCUT2D eigenvalue weighted by atomic mass is 9.98. The van der Waals surface area contributed by atoms with E-state index in [0.29, 0.717) is 27.5 Å². The van der Waals surface area contributed by atoms with Gasteiger partial charge in [-0.05, 0) is 84.1 Å². The fraction of sp³-hybridized carbons (Fsp3) is 0.212. The number of para-hydroxylation sites is 1. The van der Waals surface area contributed by atoms with Gasteiger partial charge in [0.25, 0.3) is 11.8 Å². The van der Waals surface area contributed by atoms with Gasteiger partial charge in [0.2, 0.25) is 0 Å². The van der Waals surface area contributed by atoms with E-state index in [1.807, 2.05) is 24.3 Å². The Morgan fingerprint density at radius 2 is 1.52 bits per heavy atom. The highest BCUT2D eigenvalue weighted by molar-refractivity contribution is 6.42. The van der Waals surface area contributed by atoms with Crippen LogP contribution in [0.15, 0.2) is 78.9 Å². The molecular formula is C33H31Cl2N3O4. The van der Waals surface area contributed by atoms with Crippen LogP contribution in [-0.4, -0.2) is 44.0 Å². The molecule has 0 aromatic heterocycles. The molecule has 2 amide bonds. The minimum Gasteiger partial charge on any atom is -0.493 e. The summed E-state index contributed by atoms with van der Waals surface area (Å²) < 4.78 is 10.9. The fourth-order valence-corrected chi connectivity index (χ4v) is 5.29. The molecule has 1 aliphatic heterocycles. The van der Waals surface area contributed by atoms with Crippen molar-refractivity contribution in [2.75, 3.05) is 37.9 Å². The third-order valence-corrected chi connectivity index (χ3v) is 8.07. The fourth-order valence-electron chi connectivity index (χ4n) is 4.99. The van der Waals surface area contributed by atoms with Crippen LogP contribution >= 0.6 is 23.2 Å². The number of halogens is 2. The number of benzene rings is 4. The number of nitrogens with zero attached hydrogens (tertiary/aromatic N) is 1. The summed E-state index contributed by atoms with van der Waals surface area (Å²) in [6.45, 7) is 2.77. The van der Waals surface area contributed by atoms with E-state index in [-0.39, 0.29) is 10.9 Å². The number of ether oxygens (including phenoxy) is 2. The molecule has 0 atom stereocenters. The average molecular weight is 605 g/mol. The van der Waals surface area contributed by atoms with Crippen LogP contribution in [0, 0.1) is 0 Å². The molecule has 0 radical (unpaired) electrons. The molecule has 2 N–H and O–H groups in total. The van der Waals surface area contributed by atoms with Crippen molar-refractivity contribution in [2.45, 2.75) is 19.4 Å². The van der Waals surface area contributed by atoms with E-state index >= 15 is 0 Å². The van der Waals surface area contributed by atoms with Crippen molar-refractivity contribution in [1.82, 2.24) is 4.90 Å². The normalized spacial score (nSPS) is 12.8. The first-order valence-corrected chi connectivity index (χ1v) is 14.3. The number of anilines is 2. The second kappa shape index (κ2) is 13.3. The zero-order valence-electron chi connectivity index (χ0n) is 23.4. The van der Waals surface area contributed by atoms with Gasteiger partial charge in [0.15, 0.2) is 11.5 Å². The molecule has 9 heteroatoms. The topological polar surface area (TPSA) is 79.9 Å². The van der Waals surface area contributed by atoms with Crippen LogP contribution in [0.25, 0.3) is 0 Å². The smallest absolute Gasteiger partial charge is 0.257 e. The molecule has 1 aliphatic rings. The lowest BCUT2D eigenvalue weighted by Gasteiger charge is -2.29. The molecule has 0 saturated heterocycles. The zero-order valence-corrected chi connectivity index (χ0v) is 24.9. The molecule has 7 nitrogen and oxygen atoms in total. The van der Waals surface area contributed by atoms with Gasteiger partial charge in [-0.15, -0.1) is 0 Å². The van der Waals surface area contributed by atoms with Gasteiger partial charge in [-0.3, -0.25) is 14.5 Å². The van der Waals surface area contributed by atoms with E-state index in [1.165, 1.54) is 22.8 Å². The molecule has 216 valence electrons. The zero-order chi connectivity index (χ0) is 29.6. The minimum absolute atomic E-state index is 0.279. The minimum atomic E-state index is -0.394. The third kappa shape index (κ3) is 6.87. The molecule has 0 bridgehead atoms. The van der Waals surface area contributed by atoms with Gasteiger partial charge in [-0.2, -0.15) is 0 Å². The number of rotatable bonds is 9. The van der Waals surface area contributed by atoms with Crippen molar-refractivity contribution < 1.29 is 19.1 Å². The number of hydrogen-bond acceptors (Lipinski definition) is 5. The molecule has 42 heavy (non-hydrogen) atoms. The first kappa shape index (κ1) is 29.5. The van der Waals surface area contributed by atoms with Crippen molar-refractivity contribution in [2.24, 2.45) is 0 Å². The Labute approximate surface area is 255 Å². The van der Waals surface area contributed by atoms with Crippen LogP contribution in [0.3, 0.4) is 0 Å². The third-order valence-electron chi connectivity index (χ3n) is 7.33. The molecule has 0 spiro atoms. The molecule has 0 saturated carbocycles. The van der Waals surface area contributed by atoms with Crippen LogP contribution < -0.4 is 20.1 Å². The summed E-state index contributed by atoms with van der Waals surface area (Å²) in [6, 6.07) is 23.5. The van der Waals surface area contributed by atoms with Crippen molar-refractivity contribution in [3.63, 3.8) is 0 Å². The molecule has 0 fully saturated rings. The quantitative estimate of drug-likeness (QED) is 0.213. The largest absolute Gasteiger partial charge is 0.493 e. The summed E-state index contributed by atoms with van der Waals surface area (Å²) >= 11 is 12.0. The van der Waals surface area contributed by atoms with Crippen LogP contribution in [0.4, 0.5) is 11.4 Å². The van der Waals surface area contributed by atoms with Gasteiger partial charge < -0.3 is 20.1 Å². The maximum absolute atomic E-state index is 13.1. The van der Waals surface area contributed by atoms with E-state index in [0.717, 1.165) is 44.0 Å². The number of carbonyl (C=O) groups excluding carboxylic acids is 2. The Morgan fingerprint density at radius 3 is 2.24 bits per heavy atom.